The Labute approximate surface area is 151 Å². The predicted molar refractivity (Wildman–Crippen MR) is 99.0 cm³/mol. The van der Waals surface area contributed by atoms with Crippen molar-refractivity contribution in [2.45, 2.75) is 45.4 Å². The maximum absolute atomic E-state index is 12.7. The maximum atomic E-state index is 12.7. The molecule has 0 unspecified atom stereocenters. The summed E-state index contributed by atoms with van der Waals surface area (Å²) in [6, 6.07) is 10.2. The normalized spacial score (nSPS) is 19.9. The minimum absolute atomic E-state index is 0.117. The highest BCUT2D eigenvalue weighted by molar-refractivity contribution is 5.80. The van der Waals surface area contributed by atoms with Crippen LogP contribution in [0.25, 0.3) is 0 Å². The molecule has 2 amide bonds. The fourth-order valence-electron chi connectivity index (χ4n) is 3.92. The second-order valence-electron chi connectivity index (χ2n) is 7.65. The summed E-state index contributed by atoms with van der Waals surface area (Å²) in [4.78, 5) is 29.1. The standard InChI is InChI=1S/C21H30N2O2/c1-17-9-13-23(14-10-17)21(25)19-11-15-22(16-12-19)20(24)8-7-18-5-3-2-4-6-18/h2-6,17,19H,7-16H2,1H3. The number of piperidine rings is 2. The van der Waals surface area contributed by atoms with Crippen molar-refractivity contribution < 1.29 is 9.59 Å². The van der Waals surface area contributed by atoms with Gasteiger partial charge < -0.3 is 9.80 Å². The number of carbonyl (C=O) groups is 2. The molecule has 0 bridgehead atoms. The van der Waals surface area contributed by atoms with E-state index in [0.717, 1.165) is 64.2 Å². The van der Waals surface area contributed by atoms with Gasteiger partial charge in [-0.2, -0.15) is 0 Å². The van der Waals surface area contributed by atoms with Gasteiger partial charge in [-0.25, -0.2) is 0 Å². The summed E-state index contributed by atoms with van der Waals surface area (Å²) in [7, 11) is 0. The van der Waals surface area contributed by atoms with Crippen LogP contribution in [0.5, 0.6) is 0 Å². The average Bonchev–Trinajstić information content (AvgIpc) is 2.67. The highest BCUT2D eigenvalue weighted by Crippen LogP contribution is 2.24. The Balaban J connectivity index is 1.42. The van der Waals surface area contributed by atoms with Crippen LogP contribution in [0.15, 0.2) is 30.3 Å². The van der Waals surface area contributed by atoms with E-state index in [1.807, 2.05) is 23.1 Å². The van der Waals surface area contributed by atoms with E-state index in [4.69, 9.17) is 0 Å². The van der Waals surface area contributed by atoms with Gasteiger partial charge in [0.05, 0.1) is 0 Å². The molecule has 0 atom stereocenters. The number of aryl methyl sites for hydroxylation is 1. The zero-order valence-electron chi connectivity index (χ0n) is 15.3. The summed E-state index contributed by atoms with van der Waals surface area (Å²) in [5, 5.41) is 0. The third-order valence-electron chi connectivity index (χ3n) is 5.76. The number of rotatable bonds is 4. The molecule has 0 aliphatic carbocycles. The smallest absolute Gasteiger partial charge is 0.225 e. The molecule has 2 heterocycles. The largest absolute Gasteiger partial charge is 0.343 e. The lowest BCUT2D eigenvalue weighted by Crippen LogP contribution is -2.46. The first-order chi connectivity index (χ1) is 12.1. The van der Waals surface area contributed by atoms with Gasteiger partial charge in [0.15, 0.2) is 0 Å². The number of likely N-dealkylation sites (tertiary alicyclic amines) is 2. The van der Waals surface area contributed by atoms with Crippen molar-refractivity contribution in [2.75, 3.05) is 26.2 Å². The summed E-state index contributed by atoms with van der Waals surface area (Å²) >= 11 is 0. The lowest BCUT2D eigenvalue weighted by molar-refractivity contribution is -0.141. The second-order valence-corrected chi connectivity index (χ2v) is 7.65. The fraction of sp³-hybridized carbons (Fsp3) is 0.619. The number of carbonyl (C=O) groups excluding carboxylic acids is 2. The second kappa shape index (κ2) is 8.50. The van der Waals surface area contributed by atoms with Gasteiger partial charge in [-0.1, -0.05) is 37.3 Å². The molecule has 25 heavy (non-hydrogen) atoms. The zero-order chi connectivity index (χ0) is 17.6. The summed E-state index contributed by atoms with van der Waals surface area (Å²) in [6.07, 6.45) is 5.26. The molecule has 3 rings (SSSR count). The first kappa shape index (κ1) is 18.0. The average molecular weight is 342 g/mol. The van der Waals surface area contributed by atoms with Crippen LogP contribution < -0.4 is 0 Å². The minimum atomic E-state index is 0.117. The number of benzene rings is 1. The van der Waals surface area contributed by atoms with Crippen molar-refractivity contribution in [1.29, 1.82) is 0 Å². The van der Waals surface area contributed by atoms with E-state index in [1.165, 1.54) is 5.56 Å². The fourth-order valence-corrected chi connectivity index (χ4v) is 3.92. The Kier molecular flexibility index (Phi) is 6.11. The van der Waals surface area contributed by atoms with Crippen LogP contribution in [0.2, 0.25) is 0 Å². The molecule has 0 N–H and O–H groups in total. The molecule has 0 radical (unpaired) electrons. The summed E-state index contributed by atoms with van der Waals surface area (Å²) in [5.74, 6) is 1.41. The molecule has 2 fully saturated rings. The van der Waals surface area contributed by atoms with Gasteiger partial charge in [-0.15, -0.1) is 0 Å². The summed E-state index contributed by atoms with van der Waals surface area (Å²) in [5.41, 5.74) is 1.21. The molecule has 0 aromatic heterocycles. The Morgan fingerprint density at radius 1 is 0.920 bits per heavy atom. The van der Waals surface area contributed by atoms with Gasteiger partial charge in [0, 0.05) is 38.5 Å². The number of amides is 2. The van der Waals surface area contributed by atoms with Crippen molar-refractivity contribution in [3.63, 3.8) is 0 Å². The Morgan fingerprint density at radius 2 is 1.52 bits per heavy atom. The molecule has 0 saturated carbocycles. The van der Waals surface area contributed by atoms with Crippen molar-refractivity contribution in [3.05, 3.63) is 35.9 Å². The van der Waals surface area contributed by atoms with E-state index < -0.39 is 0 Å². The van der Waals surface area contributed by atoms with Crippen LogP contribution in [0.3, 0.4) is 0 Å². The van der Waals surface area contributed by atoms with Crippen LogP contribution >= 0.6 is 0 Å². The van der Waals surface area contributed by atoms with Gasteiger partial charge in [-0.3, -0.25) is 9.59 Å². The van der Waals surface area contributed by atoms with E-state index in [2.05, 4.69) is 24.0 Å². The molecule has 2 aliphatic heterocycles. The van der Waals surface area contributed by atoms with Crippen molar-refractivity contribution in [1.82, 2.24) is 9.80 Å². The lowest BCUT2D eigenvalue weighted by atomic mass is 9.92. The van der Waals surface area contributed by atoms with E-state index >= 15 is 0 Å². The quantitative estimate of drug-likeness (QED) is 0.843. The molecule has 2 saturated heterocycles. The van der Waals surface area contributed by atoms with Crippen LogP contribution in [-0.2, 0) is 16.0 Å². The third kappa shape index (κ3) is 4.83. The molecule has 1 aromatic rings. The maximum Gasteiger partial charge on any atom is 0.225 e. The minimum Gasteiger partial charge on any atom is -0.343 e. The molecule has 4 nitrogen and oxygen atoms in total. The lowest BCUT2D eigenvalue weighted by Gasteiger charge is -2.36. The monoisotopic (exact) mass is 342 g/mol. The number of hydrogen-bond acceptors (Lipinski definition) is 2. The van der Waals surface area contributed by atoms with Gasteiger partial charge in [0.2, 0.25) is 11.8 Å². The SMILES string of the molecule is CC1CCN(C(=O)C2CCN(C(=O)CCc3ccccc3)CC2)CC1. The van der Waals surface area contributed by atoms with E-state index in [-0.39, 0.29) is 11.8 Å². The van der Waals surface area contributed by atoms with Crippen LogP contribution in [0, 0.1) is 11.8 Å². The predicted octanol–water partition coefficient (Wildman–Crippen LogP) is 3.12. The Hall–Kier alpha value is -1.84. The first-order valence-electron chi connectivity index (χ1n) is 9.74. The van der Waals surface area contributed by atoms with Crippen LogP contribution in [0.4, 0.5) is 0 Å². The molecule has 1 aromatic carbocycles. The topological polar surface area (TPSA) is 40.6 Å². The van der Waals surface area contributed by atoms with Crippen molar-refractivity contribution in [2.24, 2.45) is 11.8 Å². The third-order valence-corrected chi connectivity index (χ3v) is 5.76. The highest BCUT2D eigenvalue weighted by Gasteiger charge is 2.31. The highest BCUT2D eigenvalue weighted by atomic mass is 16.2. The van der Waals surface area contributed by atoms with Gasteiger partial charge in [0.25, 0.3) is 0 Å². The molecular weight excluding hydrogens is 312 g/mol. The van der Waals surface area contributed by atoms with E-state index in [0.29, 0.717) is 12.3 Å². The van der Waals surface area contributed by atoms with Gasteiger partial charge in [-0.05, 0) is 43.6 Å². The molecule has 136 valence electrons. The Bertz CT molecular complexity index is 571. The summed E-state index contributed by atoms with van der Waals surface area (Å²) < 4.78 is 0. The van der Waals surface area contributed by atoms with E-state index in [9.17, 15) is 9.59 Å². The molecule has 2 aliphatic rings. The molecule has 0 spiro atoms. The molecular formula is C21H30N2O2. The van der Waals surface area contributed by atoms with Crippen LogP contribution in [0.1, 0.15) is 44.6 Å². The van der Waals surface area contributed by atoms with Gasteiger partial charge >= 0.3 is 0 Å². The zero-order valence-corrected chi connectivity index (χ0v) is 15.3. The first-order valence-corrected chi connectivity index (χ1v) is 9.74. The number of nitrogens with zero attached hydrogens (tertiary/aromatic N) is 2. The Morgan fingerprint density at radius 3 is 2.16 bits per heavy atom. The molecule has 4 heteroatoms. The van der Waals surface area contributed by atoms with Crippen molar-refractivity contribution >= 4 is 11.8 Å². The van der Waals surface area contributed by atoms with E-state index in [1.54, 1.807) is 0 Å². The number of hydrogen-bond donors (Lipinski definition) is 0. The van der Waals surface area contributed by atoms with Crippen LogP contribution in [-0.4, -0.2) is 47.8 Å². The van der Waals surface area contributed by atoms with Gasteiger partial charge in [0.1, 0.15) is 0 Å². The summed E-state index contributed by atoms with van der Waals surface area (Å²) in [6.45, 7) is 5.55. The van der Waals surface area contributed by atoms with Crippen molar-refractivity contribution in [3.8, 4) is 0 Å².